The fourth-order valence-electron chi connectivity index (χ4n) is 1.90. The van der Waals surface area contributed by atoms with E-state index in [4.69, 9.17) is 10.5 Å². The monoisotopic (exact) mass is 186 g/mol. The summed E-state index contributed by atoms with van der Waals surface area (Å²) in [7, 11) is 0. The van der Waals surface area contributed by atoms with Gasteiger partial charge in [-0.2, -0.15) is 0 Å². The molecule has 4 nitrogen and oxygen atoms in total. The van der Waals surface area contributed by atoms with Gasteiger partial charge in [-0.05, 0) is 45.7 Å². The molecule has 0 aromatic heterocycles. The lowest BCUT2D eigenvalue weighted by atomic mass is 9.93. The largest absolute Gasteiger partial charge is 0.444 e. The third-order valence-electron chi connectivity index (χ3n) is 2.32. The molecule has 1 heterocycles. The fraction of sp³-hybridized carbons (Fsp3) is 0.889. The molecule has 0 saturated carbocycles. The maximum atomic E-state index is 10.6. The fourth-order valence-corrected chi connectivity index (χ4v) is 1.90. The van der Waals surface area contributed by atoms with E-state index in [0.29, 0.717) is 5.92 Å². The van der Waals surface area contributed by atoms with Crippen LogP contribution in [0.25, 0.3) is 0 Å². The van der Waals surface area contributed by atoms with E-state index in [1.165, 1.54) is 0 Å². The Kier molecular flexibility index (Phi) is 3.14. The minimum absolute atomic E-state index is 0.428. The summed E-state index contributed by atoms with van der Waals surface area (Å²) in [5.41, 5.74) is 4.55. The average molecular weight is 186 g/mol. The first-order valence-corrected chi connectivity index (χ1v) is 4.69. The van der Waals surface area contributed by atoms with Crippen molar-refractivity contribution in [3.8, 4) is 0 Å². The van der Waals surface area contributed by atoms with Gasteiger partial charge < -0.3 is 15.8 Å². The Balaban J connectivity index is 2.35. The van der Waals surface area contributed by atoms with Crippen LogP contribution in [0.5, 0.6) is 0 Å². The van der Waals surface area contributed by atoms with Gasteiger partial charge in [0.1, 0.15) is 5.60 Å². The molecule has 4 heteroatoms. The molecule has 1 atom stereocenters. The number of carbonyl (C=O) groups is 1. The molecule has 1 amide bonds. The number of carbonyl (C=O) groups excluding carboxylic acids is 1. The summed E-state index contributed by atoms with van der Waals surface area (Å²) in [4.78, 5) is 10.6. The Morgan fingerprint density at radius 1 is 1.69 bits per heavy atom. The number of hydrogen-bond acceptors (Lipinski definition) is 3. The third kappa shape index (κ3) is 3.63. The zero-order chi connectivity index (χ0) is 9.90. The van der Waals surface area contributed by atoms with Crippen LogP contribution < -0.4 is 11.1 Å². The van der Waals surface area contributed by atoms with Crippen molar-refractivity contribution in [1.82, 2.24) is 5.32 Å². The van der Waals surface area contributed by atoms with Crippen LogP contribution in [0.1, 0.15) is 26.7 Å². The molecule has 1 aliphatic heterocycles. The van der Waals surface area contributed by atoms with Crippen molar-refractivity contribution in [3.05, 3.63) is 0 Å². The van der Waals surface area contributed by atoms with E-state index in [9.17, 15) is 4.79 Å². The molecule has 1 fully saturated rings. The quantitative estimate of drug-likeness (QED) is 0.687. The second-order valence-electron chi connectivity index (χ2n) is 4.24. The molecule has 13 heavy (non-hydrogen) atoms. The molecule has 1 rings (SSSR count). The molecule has 0 aliphatic carbocycles. The SMILES string of the molecule is CC(C)(C[C@@H]1CCNC1)OC(N)=O. The number of primary amides is 1. The molecule has 76 valence electrons. The van der Waals surface area contributed by atoms with Crippen molar-refractivity contribution in [2.75, 3.05) is 13.1 Å². The molecule has 0 radical (unpaired) electrons. The van der Waals surface area contributed by atoms with Crippen molar-refractivity contribution in [2.24, 2.45) is 11.7 Å². The van der Waals surface area contributed by atoms with Crippen LogP contribution in [-0.2, 0) is 4.74 Å². The van der Waals surface area contributed by atoms with E-state index in [1.54, 1.807) is 0 Å². The summed E-state index contributed by atoms with van der Waals surface area (Å²) >= 11 is 0. The first kappa shape index (κ1) is 10.3. The lowest BCUT2D eigenvalue weighted by Gasteiger charge is -2.26. The lowest BCUT2D eigenvalue weighted by molar-refractivity contribution is 0.0284. The Morgan fingerprint density at radius 3 is 2.85 bits per heavy atom. The van der Waals surface area contributed by atoms with Crippen LogP contribution in [0.3, 0.4) is 0 Å². The van der Waals surface area contributed by atoms with E-state index >= 15 is 0 Å². The standard InChI is InChI=1S/C9H18N2O2/c1-9(2,13-8(10)12)5-7-3-4-11-6-7/h7,11H,3-6H2,1-2H3,(H2,10,12)/t7-/m0/s1. The van der Waals surface area contributed by atoms with Gasteiger partial charge in [0, 0.05) is 0 Å². The van der Waals surface area contributed by atoms with E-state index in [-0.39, 0.29) is 0 Å². The van der Waals surface area contributed by atoms with Crippen LogP contribution >= 0.6 is 0 Å². The van der Waals surface area contributed by atoms with Gasteiger partial charge in [-0.25, -0.2) is 4.79 Å². The van der Waals surface area contributed by atoms with Crippen LogP contribution in [0.2, 0.25) is 0 Å². The van der Waals surface area contributed by atoms with E-state index in [1.807, 2.05) is 13.8 Å². The van der Waals surface area contributed by atoms with Gasteiger partial charge in [-0.3, -0.25) is 0 Å². The second-order valence-corrected chi connectivity index (χ2v) is 4.24. The van der Waals surface area contributed by atoms with Gasteiger partial charge >= 0.3 is 6.09 Å². The van der Waals surface area contributed by atoms with Crippen molar-refractivity contribution in [2.45, 2.75) is 32.3 Å². The summed E-state index contributed by atoms with van der Waals surface area (Å²) in [5, 5.41) is 3.28. The summed E-state index contributed by atoms with van der Waals surface area (Å²) in [6, 6.07) is 0. The molecular formula is C9H18N2O2. The third-order valence-corrected chi connectivity index (χ3v) is 2.32. The van der Waals surface area contributed by atoms with Gasteiger partial charge in [-0.15, -0.1) is 0 Å². The zero-order valence-electron chi connectivity index (χ0n) is 8.30. The number of ether oxygens (including phenoxy) is 1. The maximum absolute atomic E-state index is 10.6. The molecule has 0 aromatic carbocycles. The highest BCUT2D eigenvalue weighted by atomic mass is 16.6. The number of hydrogen-bond donors (Lipinski definition) is 2. The van der Waals surface area contributed by atoms with E-state index in [2.05, 4.69) is 5.32 Å². The number of rotatable bonds is 3. The van der Waals surface area contributed by atoms with Crippen molar-refractivity contribution >= 4 is 6.09 Å². The molecule has 1 saturated heterocycles. The summed E-state index contributed by atoms with van der Waals surface area (Å²) in [5.74, 6) is 0.606. The molecule has 0 unspecified atom stereocenters. The summed E-state index contributed by atoms with van der Waals surface area (Å²) in [6.07, 6.45) is 1.35. The highest BCUT2D eigenvalue weighted by Crippen LogP contribution is 2.24. The van der Waals surface area contributed by atoms with Gasteiger partial charge in [0.2, 0.25) is 0 Å². The number of amides is 1. The topological polar surface area (TPSA) is 64.3 Å². The molecule has 0 aromatic rings. The van der Waals surface area contributed by atoms with Gasteiger partial charge in [0.15, 0.2) is 0 Å². The van der Waals surface area contributed by atoms with Crippen LogP contribution in [0, 0.1) is 5.92 Å². The van der Waals surface area contributed by atoms with Crippen LogP contribution in [-0.4, -0.2) is 24.8 Å². The number of nitrogens with one attached hydrogen (secondary N) is 1. The lowest BCUT2D eigenvalue weighted by Crippen LogP contribution is -2.33. The molecule has 0 bridgehead atoms. The van der Waals surface area contributed by atoms with Crippen LogP contribution in [0.15, 0.2) is 0 Å². The first-order valence-electron chi connectivity index (χ1n) is 4.69. The van der Waals surface area contributed by atoms with E-state index in [0.717, 1.165) is 25.9 Å². The highest BCUT2D eigenvalue weighted by Gasteiger charge is 2.27. The first-order chi connectivity index (χ1) is 5.99. The van der Waals surface area contributed by atoms with Gasteiger partial charge in [0.25, 0.3) is 0 Å². The van der Waals surface area contributed by atoms with Crippen molar-refractivity contribution in [3.63, 3.8) is 0 Å². The Hall–Kier alpha value is -0.770. The second kappa shape index (κ2) is 3.96. The normalized spacial score (nSPS) is 23.1. The minimum Gasteiger partial charge on any atom is -0.444 e. The molecule has 3 N–H and O–H groups in total. The van der Waals surface area contributed by atoms with Crippen molar-refractivity contribution < 1.29 is 9.53 Å². The highest BCUT2D eigenvalue weighted by molar-refractivity contribution is 5.65. The Bertz CT molecular complexity index is 186. The predicted molar refractivity (Wildman–Crippen MR) is 50.3 cm³/mol. The smallest absolute Gasteiger partial charge is 0.405 e. The molecule has 1 aliphatic rings. The predicted octanol–water partition coefficient (Wildman–Crippen LogP) is 0.860. The van der Waals surface area contributed by atoms with Gasteiger partial charge in [0.05, 0.1) is 0 Å². The zero-order valence-corrected chi connectivity index (χ0v) is 8.30. The minimum atomic E-state index is -0.684. The number of nitrogens with two attached hydrogens (primary N) is 1. The van der Waals surface area contributed by atoms with Gasteiger partial charge in [-0.1, -0.05) is 0 Å². The Morgan fingerprint density at radius 2 is 2.38 bits per heavy atom. The Labute approximate surface area is 78.8 Å². The maximum Gasteiger partial charge on any atom is 0.405 e. The summed E-state index contributed by atoms with van der Waals surface area (Å²) in [6.45, 7) is 5.88. The average Bonchev–Trinajstić information content (AvgIpc) is 2.34. The van der Waals surface area contributed by atoms with E-state index < -0.39 is 11.7 Å². The molecular weight excluding hydrogens is 168 g/mol. The van der Waals surface area contributed by atoms with Crippen LogP contribution in [0.4, 0.5) is 4.79 Å². The van der Waals surface area contributed by atoms with Crippen molar-refractivity contribution in [1.29, 1.82) is 0 Å². The molecule has 0 spiro atoms. The summed E-state index contributed by atoms with van der Waals surface area (Å²) < 4.78 is 5.01.